The summed E-state index contributed by atoms with van der Waals surface area (Å²) in [4.78, 5) is 19.5. The Labute approximate surface area is 164 Å². The Hall–Kier alpha value is -2.93. The molecule has 1 unspecified atom stereocenters. The molecule has 0 aliphatic carbocycles. The largest absolute Gasteiger partial charge is 0.493 e. The summed E-state index contributed by atoms with van der Waals surface area (Å²) >= 11 is 0. The van der Waals surface area contributed by atoms with Crippen molar-refractivity contribution in [2.24, 2.45) is 5.73 Å². The van der Waals surface area contributed by atoms with E-state index >= 15 is 0 Å². The lowest BCUT2D eigenvalue weighted by atomic mass is 10.0. The molecule has 1 atom stereocenters. The fourth-order valence-electron chi connectivity index (χ4n) is 3.88. The highest BCUT2D eigenvalue weighted by Gasteiger charge is 2.32. The Morgan fingerprint density at radius 1 is 1.29 bits per heavy atom. The number of carbonyl (C=O) groups excluding carboxylic acids is 1. The number of carbonyl (C=O) groups is 1. The van der Waals surface area contributed by atoms with E-state index in [1.807, 2.05) is 52.9 Å². The molecule has 2 aromatic heterocycles. The first-order valence-electron chi connectivity index (χ1n) is 9.75. The standard InChI is InChI=1S/C21H25N5O2/c1-2-28-18-8-4-3-6-16(18)21(27)25-12-9-15(14-25)19-17-7-5-11-23-20(17)26(24-19)13-10-22/h3-8,11,15H,2,9-10,12-14,22H2,1H3. The third kappa shape index (κ3) is 3.33. The molecule has 1 fully saturated rings. The first-order valence-corrected chi connectivity index (χ1v) is 9.75. The Morgan fingerprint density at radius 2 is 2.14 bits per heavy atom. The number of amides is 1. The predicted molar refractivity (Wildman–Crippen MR) is 107 cm³/mol. The lowest BCUT2D eigenvalue weighted by Crippen LogP contribution is -2.29. The minimum Gasteiger partial charge on any atom is -0.493 e. The van der Waals surface area contributed by atoms with Gasteiger partial charge in [0.2, 0.25) is 0 Å². The van der Waals surface area contributed by atoms with Crippen molar-refractivity contribution in [1.82, 2.24) is 19.7 Å². The maximum absolute atomic E-state index is 13.1. The van der Waals surface area contributed by atoms with Crippen LogP contribution in [-0.2, 0) is 6.54 Å². The van der Waals surface area contributed by atoms with Crippen LogP contribution in [0.5, 0.6) is 5.75 Å². The number of hydrogen-bond acceptors (Lipinski definition) is 5. The first kappa shape index (κ1) is 18.4. The molecule has 0 saturated carbocycles. The van der Waals surface area contributed by atoms with Crippen molar-refractivity contribution in [2.45, 2.75) is 25.8 Å². The lowest BCUT2D eigenvalue weighted by Gasteiger charge is -2.18. The molecular formula is C21H25N5O2. The molecule has 7 nitrogen and oxygen atoms in total. The molecule has 146 valence electrons. The fraction of sp³-hybridized carbons (Fsp3) is 0.381. The molecule has 0 bridgehead atoms. The minimum atomic E-state index is 0.00960. The summed E-state index contributed by atoms with van der Waals surface area (Å²) in [5.41, 5.74) is 8.20. The van der Waals surface area contributed by atoms with Gasteiger partial charge >= 0.3 is 0 Å². The maximum atomic E-state index is 13.1. The maximum Gasteiger partial charge on any atom is 0.257 e. The molecule has 28 heavy (non-hydrogen) atoms. The van der Waals surface area contributed by atoms with Crippen LogP contribution in [-0.4, -0.2) is 51.8 Å². The molecule has 7 heteroatoms. The summed E-state index contributed by atoms with van der Waals surface area (Å²) in [7, 11) is 0. The van der Waals surface area contributed by atoms with E-state index in [0.717, 1.165) is 23.1 Å². The summed E-state index contributed by atoms with van der Waals surface area (Å²) in [6.07, 6.45) is 2.65. The lowest BCUT2D eigenvalue weighted by molar-refractivity contribution is 0.0786. The van der Waals surface area contributed by atoms with Crippen LogP contribution in [0.15, 0.2) is 42.6 Å². The van der Waals surface area contributed by atoms with Crippen LogP contribution >= 0.6 is 0 Å². The van der Waals surface area contributed by atoms with E-state index in [1.165, 1.54) is 0 Å². The molecule has 1 aliphatic heterocycles. The van der Waals surface area contributed by atoms with Crippen molar-refractivity contribution in [3.63, 3.8) is 0 Å². The van der Waals surface area contributed by atoms with Gasteiger partial charge in [-0.15, -0.1) is 0 Å². The Morgan fingerprint density at radius 3 is 2.96 bits per heavy atom. The number of nitrogens with two attached hydrogens (primary N) is 1. The second-order valence-corrected chi connectivity index (χ2v) is 6.94. The smallest absolute Gasteiger partial charge is 0.257 e. The van der Waals surface area contributed by atoms with Crippen LogP contribution in [0.25, 0.3) is 11.0 Å². The highest BCUT2D eigenvalue weighted by molar-refractivity contribution is 5.97. The predicted octanol–water partition coefficient (Wildman–Crippen LogP) is 2.42. The van der Waals surface area contributed by atoms with Gasteiger partial charge in [-0.05, 0) is 37.6 Å². The van der Waals surface area contributed by atoms with Crippen molar-refractivity contribution in [2.75, 3.05) is 26.2 Å². The number of rotatable bonds is 6. The van der Waals surface area contributed by atoms with E-state index in [2.05, 4.69) is 4.98 Å². The molecule has 4 rings (SSSR count). The quantitative estimate of drug-likeness (QED) is 0.711. The van der Waals surface area contributed by atoms with Gasteiger partial charge in [-0.1, -0.05) is 12.1 Å². The van der Waals surface area contributed by atoms with Gasteiger partial charge in [-0.25, -0.2) is 9.67 Å². The molecule has 0 radical (unpaired) electrons. The zero-order chi connectivity index (χ0) is 19.5. The van der Waals surface area contributed by atoms with Gasteiger partial charge in [0.25, 0.3) is 5.91 Å². The summed E-state index contributed by atoms with van der Waals surface area (Å²) in [5, 5.41) is 5.83. The number of pyridine rings is 1. The molecule has 0 spiro atoms. The van der Waals surface area contributed by atoms with E-state index < -0.39 is 0 Å². The third-order valence-electron chi connectivity index (χ3n) is 5.16. The van der Waals surface area contributed by atoms with Gasteiger partial charge in [-0.2, -0.15) is 5.10 Å². The van der Waals surface area contributed by atoms with E-state index in [4.69, 9.17) is 15.6 Å². The van der Waals surface area contributed by atoms with Crippen LogP contribution in [0, 0.1) is 0 Å². The number of aromatic nitrogens is 3. The van der Waals surface area contributed by atoms with Gasteiger partial charge in [0, 0.05) is 37.1 Å². The van der Waals surface area contributed by atoms with Crippen LogP contribution in [0.4, 0.5) is 0 Å². The summed E-state index contributed by atoms with van der Waals surface area (Å²) in [6.45, 7) is 4.94. The van der Waals surface area contributed by atoms with Crippen molar-refractivity contribution < 1.29 is 9.53 Å². The average Bonchev–Trinajstić information content (AvgIpc) is 3.34. The molecule has 1 saturated heterocycles. The number of nitrogens with zero attached hydrogens (tertiary/aromatic N) is 4. The van der Waals surface area contributed by atoms with Crippen molar-refractivity contribution in [3.05, 3.63) is 53.9 Å². The minimum absolute atomic E-state index is 0.00960. The Kier molecular flexibility index (Phi) is 5.25. The fourth-order valence-corrected chi connectivity index (χ4v) is 3.88. The summed E-state index contributed by atoms with van der Waals surface area (Å²) < 4.78 is 7.51. The van der Waals surface area contributed by atoms with Crippen molar-refractivity contribution in [1.29, 1.82) is 0 Å². The summed E-state index contributed by atoms with van der Waals surface area (Å²) in [6, 6.07) is 11.4. The highest BCUT2D eigenvalue weighted by Crippen LogP contribution is 2.32. The van der Waals surface area contributed by atoms with Crippen molar-refractivity contribution in [3.8, 4) is 5.75 Å². The van der Waals surface area contributed by atoms with Gasteiger partial charge in [0.1, 0.15) is 5.75 Å². The Balaban J connectivity index is 1.58. The number of ether oxygens (including phenoxy) is 1. The average molecular weight is 379 g/mol. The second kappa shape index (κ2) is 7.98. The van der Waals surface area contributed by atoms with E-state index in [9.17, 15) is 4.79 Å². The molecular weight excluding hydrogens is 354 g/mol. The van der Waals surface area contributed by atoms with Crippen molar-refractivity contribution >= 4 is 16.9 Å². The number of likely N-dealkylation sites (tertiary alicyclic amines) is 1. The number of benzene rings is 1. The molecule has 1 aliphatic rings. The number of hydrogen-bond donors (Lipinski definition) is 1. The molecule has 1 aromatic carbocycles. The second-order valence-electron chi connectivity index (χ2n) is 6.94. The van der Waals surface area contributed by atoms with Gasteiger partial charge in [0.05, 0.1) is 24.4 Å². The zero-order valence-electron chi connectivity index (χ0n) is 16.0. The Bertz CT molecular complexity index is 984. The van der Waals surface area contributed by atoms with Crippen LogP contribution < -0.4 is 10.5 Å². The van der Waals surface area contributed by atoms with Crippen LogP contribution in [0.2, 0.25) is 0 Å². The summed E-state index contributed by atoms with van der Waals surface area (Å²) in [5.74, 6) is 0.838. The van der Waals surface area contributed by atoms with Gasteiger partial charge < -0.3 is 15.4 Å². The molecule has 2 N–H and O–H groups in total. The topological polar surface area (TPSA) is 86.3 Å². The molecule has 3 heterocycles. The third-order valence-corrected chi connectivity index (χ3v) is 5.16. The SMILES string of the molecule is CCOc1ccccc1C(=O)N1CCC(c2nn(CCN)c3ncccc23)C1. The number of fused-ring (bicyclic) bond motifs is 1. The molecule has 3 aromatic rings. The van der Waals surface area contributed by atoms with E-state index in [1.54, 1.807) is 6.20 Å². The number of para-hydroxylation sites is 1. The first-order chi connectivity index (χ1) is 13.7. The highest BCUT2D eigenvalue weighted by atomic mass is 16.5. The van der Waals surface area contributed by atoms with E-state index in [0.29, 0.717) is 44.1 Å². The normalized spacial score (nSPS) is 16.6. The van der Waals surface area contributed by atoms with Gasteiger partial charge in [-0.3, -0.25) is 4.79 Å². The zero-order valence-corrected chi connectivity index (χ0v) is 16.0. The van der Waals surface area contributed by atoms with Crippen LogP contribution in [0.3, 0.4) is 0 Å². The van der Waals surface area contributed by atoms with Crippen LogP contribution in [0.1, 0.15) is 35.3 Å². The van der Waals surface area contributed by atoms with E-state index in [-0.39, 0.29) is 11.8 Å². The van der Waals surface area contributed by atoms with Gasteiger partial charge in [0.15, 0.2) is 5.65 Å². The molecule has 1 amide bonds. The monoisotopic (exact) mass is 379 g/mol.